The summed E-state index contributed by atoms with van der Waals surface area (Å²) in [6, 6.07) is 8.60. The van der Waals surface area contributed by atoms with Crippen LogP contribution >= 0.6 is 0 Å². The second kappa shape index (κ2) is 10.2. The third-order valence-electron chi connectivity index (χ3n) is 3.29. The molecule has 0 saturated heterocycles. The number of rotatable bonds is 8. The Morgan fingerprint density at radius 2 is 1.95 bits per heavy atom. The second-order valence-corrected chi connectivity index (χ2v) is 5.28. The summed E-state index contributed by atoms with van der Waals surface area (Å²) in [7, 11) is 3.86. The van der Waals surface area contributed by atoms with E-state index in [0.29, 0.717) is 0 Å². The third kappa shape index (κ3) is 7.14. The molecule has 0 atom stereocenters. The summed E-state index contributed by atoms with van der Waals surface area (Å²) >= 11 is 0. The van der Waals surface area contributed by atoms with Crippen molar-refractivity contribution in [3.63, 3.8) is 0 Å². The molecule has 0 amide bonds. The third-order valence-corrected chi connectivity index (χ3v) is 3.29. The highest BCUT2D eigenvalue weighted by Crippen LogP contribution is 2.05. The Balaban J connectivity index is 2.32. The fourth-order valence-corrected chi connectivity index (χ4v) is 2.01. The summed E-state index contributed by atoms with van der Waals surface area (Å²) < 4.78 is 5.54. The maximum atomic E-state index is 5.54. The number of benzene rings is 1. The molecule has 4 heteroatoms. The van der Waals surface area contributed by atoms with Gasteiger partial charge in [0.1, 0.15) is 0 Å². The molecule has 0 aliphatic carbocycles. The Bertz CT molecular complexity index is 415. The fourth-order valence-electron chi connectivity index (χ4n) is 2.01. The molecule has 0 unspecified atom stereocenters. The van der Waals surface area contributed by atoms with E-state index in [1.54, 1.807) is 0 Å². The maximum absolute atomic E-state index is 5.54. The number of ether oxygens (including phenoxy) is 1. The van der Waals surface area contributed by atoms with Crippen LogP contribution in [0.1, 0.15) is 30.9 Å². The molecule has 0 radical (unpaired) electrons. The van der Waals surface area contributed by atoms with Crippen LogP contribution in [0.3, 0.4) is 0 Å². The van der Waals surface area contributed by atoms with Crippen molar-refractivity contribution >= 4 is 5.96 Å². The SMILES string of the molecule is CCCCOCCNC(=NC)N(C)Cc1ccc(C)cc1. The molecule has 0 aliphatic rings. The summed E-state index contributed by atoms with van der Waals surface area (Å²) in [4.78, 5) is 6.43. The molecule has 0 saturated carbocycles. The van der Waals surface area contributed by atoms with Crippen molar-refractivity contribution in [2.45, 2.75) is 33.2 Å². The molecule has 0 aliphatic heterocycles. The molecule has 1 aromatic rings. The van der Waals surface area contributed by atoms with E-state index in [-0.39, 0.29) is 0 Å². The molecular weight excluding hydrogens is 262 g/mol. The normalized spacial score (nSPS) is 11.5. The average molecular weight is 291 g/mol. The first-order valence-corrected chi connectivity index (χ1v) is 7.72. The topological polar surface area (TPSA) is 36.9 Å². The van der Waals surface area contributed by atoms with Crippen molar-refractivity contribution in [3.8, 4) is 0 Å². The number of hydrogen-bond donors (Lipinski definition) is 1. The summed E-state index contributed by atoms with van der Waals surface area (Å²) in [5.41, 5.74) is 2.57. The van der Waals surface area contributed by atoms with E-state index in [1.807, 2.05) is 14.1 Å². The van der Waals surface area contributed by atoms with E-state index >= 15 is 0 Å². The van der Waals surface area contributed by atoms with Gasteiger partial charge >= 0.3 is 0 Å². The van der Waals surface area contributed by atoms with Gasteiger partial charge in [0, 0.05) is 33.8 Å². The van der Waals surface area contributed by atoms with Crippen LogP contribution in [0.2, 0.25) is 0 Å². The van der Waals surface area contributed by atoms with Crippen molar-refractivity contribution in [3.05, 3.63) is 35.4 Å². The van der Waals surface area contributed by atoms with Crippen LogP contribution in [-0.2, 0) is 11.3 Å². The largest absolute Gasteiger partial charge is 0.380 e. The lowest BCUT2D eigenvalue weighted by molar-refractivity contribution is 0.135. The summed E-state index contributed by atoms with van der Waals surface area (Å²) in [5.74, 6) is 0.898. The molecule has 0 spiro atoms. The summed E-state index contributed by atoms with van der Waals surface area (Å²) in [5, 5.41) is 3.33. The van der Waals surface area contributed by atoms with Crippen LogP contribution in [0, 0.1) is 6.92 Å². The van der Waals surface area contributed by atoms with Gasteiger partial charge in [0.15, 0.2) is 5.96 Å². The standard InChI is InChI=1S/C17H29N3O/c1-5-6-12-21-13-11-19-17(18-3)20(4)14-16-9-7-15(2)8-10-16/h7-10H,5-6,11-14H2,1-4H3,(H,18,19). The van der Waals surface area contributed by atoms with Crippen molar-refractivity contribution in [2.75, 3.05) is 33.9 Å². The molecule has 0 heterocycles. The zero-order chi connectivity index (χ0) is 15.5. The highest BCUT2D eigenvalue weighted by Gasteiger charge is 2.05. The Hall–Kier alpha value is -1.55. The molecule has 0 fully saturated rings. The molecule has 4 nitrogen and oxygen atoms in total. The predicted octanol–water partition coefficient (Wildman–Crippen LogP) is 2.82. The Morgan fingerprint density at radius 1 is 1.24 bits per heavy atom. The zero-order valence-corrected chi connectivity index (χ0v) is 13.9. The molecular formula is C17H29N3O. The molecule has 21 heavy (non-hydrogen) atoms. The molecule has 1 aromatic carbocycles. The first-order valence-electron chi connectivity index (χ1n) is 7.72. The monoisotopic (exact) mass is 291 g/mol. The molecule has 1 N–H and O–H groups in total. The smallest absolute Gasteiger partial charge is 0.193 e. The molecule has 0 bridgehead atoms. The van der Waals surface area contributed by atoms with Gasteiger partial charge in [-0.25, -0.2) is 0 Å². The van der Waals surface area contributed by atoms with Gasteiger partial charge in [-0.05, 0) is 18.9 Å². The van der Waals surface area contributed by atoms with E-state index in [2.05, 4.69) is 53.3 Å². The van der Waals surface area contributed by atoms with Gasteiger partial charge < -0.3 is 15.0 Å². The van der Waals surface area contributed by atoms with Gasteiger partial charge in [0.2, 0.25) is 0 Å². The van der Waals surface area contributed by atoms with Gasteiger partial charge in [-0.1, -0.05) is 43.2 Å². The molecule has 1 rings (SSSR count). The fraction of sp³-hybridized carbons (Fsp3) is 0.588. The minimum Gasteiger partial charge on any atom is -0.380 e. The summed E-state index contributed by atoms with van der Waals surface area (Å²) in [6.45, 7) is 7.47. The lowest BCUT2D eigenvalue weighted by Crippen LogP contribution is -2.39. The average Bonchev–Trinajstić information content (AvgIpc) is 2.49. The number of nitrogens with one attached hydrogen (secondary N) is 1. The zero-order valence-electron chi connectivity index (χ0n) is 13.9. The second-order valence-electron chi connectivity index (χ2n) is 5.28. The van der Waals surface area contributed by atoms with E-state index in [4.69, 9.17) is 4.74 Å². The number of nitrogens with zero attached hydrogens (tertiary/aromatic N) is 2. The van der Waals surface area contributed by atoms with Crippen molar-refractivity contribution in [1.29, 1.82) is 0 Å². The van der Waals surface area contributed by atoms with Crippen LogP contribution < -0.4 is 5.32 Å². The van der Waals surface area contributed by atoms with E-state index in [0.717, 1.165) is 38.7 Å². The highest BCUT2D eigenvalue weighted by atomic mass is 16.5. The van der Waals surface area contributed by atoms with Crippen molar-refractivity contribution < 1.29 is 4.74 Å². The van der Waals surface area contributed by atoms with Gasteiger partial charge in [0.05, 0.1) is 6.61 Å². The maximum Gasteiger partial charge on any atom is 0.193 e. The number of unbranched alkanes of at least 4 members (excludes halogenated alkanes) is 1. The predicted molar refractivity (Wildman–Crippen MR) is 89.7 cm³/mol. The minimum atomic E-state index is 0.720. The van der Waals surface area contributed by atoms with Crippen LogP contribution in [0.25, 0.3) is 0 Å². The molecule has 118 valence electrons. The number of guanidine groups is 1. The van der Waals surface area contributed by atoms with Crippen LogP contribution in [-0.4, -0.2) is 44.7 Å². The van der Waals surface area contributed by atoms with E-state index < -0.39 is 0 Å². The van der Waals surface area contributed by atoms with E-state index in [9.17, 15) is 0 Å². The first-order chi connectivity index (χ1) is 10.2. The van der Waals surface area contributed by atoms with Gasteiger partial charge in [-0.3, -0.25) is 4.99 Å². The Kier molecular flexibility index (Phi) is 8.51. The molecule has 0 aromatic heterocycles. The lowest BCUT2D eigenvalue weighted by Gasteiger charge is -2.22. The van der Waals surface area contributed by atoms with Crippen molar-refractivity contribution in [1.82, 2.24) is 10.2 Å². The summed E-state index contributed by atoms with van der Waals surface area (Å²) in [6.07, 6.45) is 2.30. The lowest BCUT2D eigenvalue weighted by atomic mass is 10.1. The van der Waals surface area contributed by atoms with Gasteiger partial charge in [0.25, 0.3) is 0 Å². The number of hydrogen-bond acceptors (Lipinski definition) is 2. The first kappa shape index (κ1) is 17.5. The van der Waals surface area contributed by atoms with Gasteiger partial charge in [-0.15, -0.1) is 0 Å². The number of aryl methyl sites for hydroxylation is 1. The number of aliphatic imine (C=N–C) groups is 1. The van der Waals surface area contributed by atoms with E-state index in [1.165, 1.54) is 17.5 Å². The Morgan fingerprint density at radius 3 is 2.57 bits per heavy atom. The quantitative estimate of drug-likeness (QED) is 0.454. The van der Waals surface area contributed by atoms with Crippen LogP contribution in [0.5, 0.6) is 0 Å². The van der Waals surface area contributed by atoms with Crippen molar-refractivity contribution in [2.24, 2.45) is 4.99 Å². The minimum absolute atomic E-state index is 0.720. The highest BCUT2D eigenvalue weighted by molar-refractivity contribution is 5.79. The van der Waals surface area contributed by atoms with Gasteiger partial charge in [-0.2, -0.15) is 0 Å². The Labute approximate surface area is 129 Å². The van der Waals surface area contributed by atoms with Crippen LogP contribution in [0.4, 0.5) is 0 Å². The van der Waals surface area contributed by atoms with Crippen LogP contribution in [0.15, 0.2) is 29.3 Å².